The predicted octanol–water partition coefficient (Wildman–Crippen LogP) is 0.911. The molecule has 1 N–H and O–H groups in total. The van der Waals surface area contributed by atoms with E-state index in [1.165, 1.54) is 0 Å². The molecule has 0 bridgehead atoms. The van der Waals surface area contributed by atoms with Crippen LogP contribution in [0.1, 0.15) is 20.8 Å². The maximum Gasteiger partial charge on any atom is 0.462 e. The Hall–Kier alpha value is -0.0551. The van der Waals surface area contributed by atoms with Gasteiger partial charge < -0.3 is 14.6 Å². The largest absolute Gasteiger partial charge is 0.462 e. The highest BCUT2D eigenvalue weighted by molar-refractivity contribution is 6.48. The zero-order valence-corrected chi connectivity index (χ0v) is 8.22. The Morgan fingerprint density at radius 1 is 1.08 bits per heavy atom. The van der Waals surface area contributed by atoms with Crippen molar-refractivity contribution in [3.63, 3.8) is 0 Å². The molecule has 0 saturated carbocycles. The van der Waals surface area contributed by atoms with Crippen molar-refractivity contribution in [2.45, 2.75) is 26.1 Å². The lowest BCUT2D eigenvalue weighted by Crippen LogP contribution is -2.40. The molecule has 1 aliphatic rings. The van der Waals surface area contributed by atoms with Crippen molar-refractivity contribution in [2.75, 3.05) is 26.3 Å². The summed E-state index contributed by atoms with van der Waals surface area (Å²) in [6, 6.07) is 0. The van der Waals surface area contributed by atoms with Gasteiger partial charge in [-0.25, -0.2) is 0 Å². The van der Waals surface area contributed by atoms with E-state index in [0.717, 1.165) is 26.3 Å². The molecule has 0 amide bonds. The van der Waals surface area contributed by atoms with Gasteiger partial charge in [0.05, 0.1) is 0 Å². The molecule has 0 unspecified atom stereocenters. The Balaban J connectivity index is 2.40. The highest BCUT2D eigenvalue weighted by atomic mass is 16.6. The molecule has 0 radical (unpaired) electrons. The molecule has 12 heavy (non-hydrogen) atoms. The summed E-state index contributed by atoms with van der Waals surface area (Å²) in [5.41, 5.74) is 0. The summed E-state index contributed by atoms with van der Waals surface area (Å²) in [4.78, 5) is 0. The van der Waals surface area contributed by atoms with Gasteiger partial charge in [-0.2, -0.15) is 0 Å². The molecule has 0 aliphatic carbocycles. The fraction of sp³-hybridized carbons (Fsp3) is 1.00. The minimum absolute atomic E-state index is 0.0559. The van der Waals surface area contributed by atoms with E-state index in [1.807, 2.05) is 0 Å². The van der Waals surface area contributed by atoms with E-state index >= 15 is 0 Å². The van der Waals surface area contributed by atoms with Crippen molar-refractivity contribution >= 4 is 7.12 Å². The Labute approximate surface area is 75.0 Å². The number of rotatable bonds is 0. The lowest BCUT2D eigenvalue weighted by Gasteiger charge is -2.27. The van der Waals surface area contributed by atoms with Crippen LogP contribution in [0.25, 0.3) is 0 Å². The topological polar surface area (TPSA) is 30.5 Å². The molecule has 1 heterocycles. The van der Waals surface area contributed by atoms with E-state index in [1.54, 1.807) is 0 Å². The summed E-state index contributed by atoms with van der Waals surface area (Å²) in [6.45, 7) is 9.72. The Morgan fingerprint density at radius 3 is 2.00 bits per heavy atom. The molecule has 1 fully saturated rings. The molecule has 4 heteroatoms. The minimum atomic E-state index is -0.0559. The van der Waals surface area contributed by atoms with Gasteiger partial charge in [0.2, 0.25) is 0 Å². The number of hydrogen-bond donors (Lipinski definition) is 1. The number of hydrogen-bond acceptors (Lipinski definition) is 3. The smallest absolute Gasteiger partial charge is 0.409 e. The van der Waals surface area contributed by atoms with E-state index in [-0.39, 0.29) is 12.4 Å². The first-order chi connectivity index (χ1) is 5.61. The molecule has 0 aromatic rings. The van der Waals surface area contributed by atoms with Gasteiger partial charge in [-0.3, -0.25) is 0 Å². The summed E-state index contributed by atoms with van der Waals surface area (Å²) in [7, 11) is -0.0559. The highest BCUT2D eigenvalue weighted by Gasteiger charge is 2.33. The summed E-state index contributed by atoms with van der Waals surface area (Å²) >= 11 is 0. The third-order valence-electron chi connectivity index (χ3n) is 1.80. The quantitative estimate of drug-likeness (QED) is 0.549. The molecule has 3 nitrogen and oxygen atoms in total. The van der Waals surface area contributed by atoms with Crippen LogP contribution in [-0.2, 0) is 9.31 Å². The monoisotopic (exact) mass is 171 g/mol. The summed E-state index contributed by atoms with van der Waals surface area (Å²) in [6.07, 6.45) is 0. The fourth-order valence-corrected chi connectivity index (χ4v) is 1.15. The molecule has 0 aromatic carbocycles. The zero-order valence-electron chi connectivity index (χ0n) is 8.22. The average molecular weight is 171 g/mol. The van der Waals surface area contributed by atoms with Crippen LogP contribution < -0.4 is 5.32 Å². The fourth-order valence-electron chi connectivity index (χ4n) is 1.15. The molecule has 1 saturated heterocycles. The van der Waals surface area contributed by atoms with Crippen molar-refractivity contribution in [3.05, 3.63) is 0 Å². The van der Waals surface area contributed by atoms with Crippen LogP contribution in [0.5, 0.6) is 0 Å². The second kappa shape index (κ2) is 4.26. The third kappa shape index (κ3) is 3.13. The Kier molecular flexibility index (Phi) is 3.56. The maximum absolute atomic E-state index is 5.56. The SMILES string of the molecule is CC(C)(C)B1OCCNCCO1. The van der Waals surface area contributed by atoms with Gasteiger partial charge in [0.1, 0.15) is 0 Å². The maximum atomic E-state index is 5.56. The molecule has 1 rings (SSSR count). The standard InChI is InChI=1S/C8H18BNO2/c1-8(2,3)9-11-6-4-10-5-7-12-9/h10H,4-7H2,1-3H3. The molecule has 0 spiro atoms. The van der Waals surface area contributed by atoms with Crippen molar-refractivity contribution in [2.24, 2.45) is 0 Å². The van der Waals surface area contributed by atoms with Crippen LogP contribution in [-0.4, -0.2) is 33.4 Å². The normalized spacial score (nSPS) is 21.8. The molecule has 70 valence electrons. The Morgan fingerprint density at radius 2 is 1.58 bits per heavy atom. The predicted molar refractivity (Wildman–Crippen MR) is 50.2 cm³/mol. The molecular formula is C8H18BNO2. The molecule has 0 atom stereocenters. The van der Waals surface area contributed by atoms with Crippen LogP contribution in [0.3, 0.4) is 0 Å². The van der Waals surface area contributed by atoms with Gasteiger partial charge in [-0.1, -0.05) is 20.8 Å². The van der Waals surface area contributed by atoms with Crippen molar-refractivity contribution in [1.29, 1.82) is 0 Å². The van der Waals surface area contributed by atoms with E-state index < -0.39 is 0 Å². The first-order valence-electron chi connectivity index (χ1n) is 4.54. The van der Waals surface area contributed by atoms with Gasteiger partial charge in [0, 0.05) is 26.3 Å². The average Bonchev–Trinajstić information content (AvgIpc) is 1.81. The summed E-state index contributed by atoms with van der Waals surface area (Å²) < 4.78 is 11.1. The van der Waals surface area contributed by atoms with Crippen LogP contribution in [0.15, 0.2) is 0 Å². The number of nitrogens with one attached hydrogen (secondary N) is 1. The lowest BCUT2D eigenvalue weighted by atomic mass is 9.61. The van der Waals surface area contributed by atoms with Crippen LogP contribution in [0, 0.1) is 0 Å². The van der Waals surface area contributed by atoms with Gasteiger partial charge in [0.15, 0.2) is 0 Å². The molecule has 0 aromatic heterocycles. The van der Waals surface area contributed by atoms with Crippen molar-refractivity contribution < 1.29 is 9.31 Å². The first-order valence-corrected chi connectivity index (χ1v) is 4.54. The summed E-state index contributed by atoms with van der Waals surface area (Å²) in [5, 5.41) is 3.29. The van der Waals surface area contributed by atoms with Crippen molar-refractivity contribution in [3.8, 4) is 0 Å². The van der Waals surface area contributed by atoms with Crippen LogP contribution in [0.4, 0.5) is 0 Å². The lowest BCUT2D eigenvalue weighted by molar-refractivity contribution is 0.161. The van der Waals surface area contributed by atoms with Gasteiger partial charge in [0.25, 0.3) is 0 Å². The summed E-state index contributed by atoms with van der Waals surface area (Å²) in [5.74, 6) is 0. The van der Waals surface area contributed by atoms with Crippen LogP contribution >= 0.6 is 0 Å². The van der Waals surface area contributed by atoms with Gasteiger partial charge in [-0.05, 0) is 5.31 Å². The van der Waals surface area contributed by atoms with E-state index in [2.05, 4.69) is 26.1 Å². The first kappa shape index (κ1) is 10.0. The van der Waals surface area contributed by atoms with Gasteiger partial charge in [-0.15, -0.1) is 0 Å². The third-order valence-corrected chi connectivity index (χ3v) is 1.80. The van der Waals surface area contributed by atoms with E-state index in [0.29, 0.717) is 0 Å². The second-order valence-electron chi connectivity index (χ2n) is 4.19. The molecule has 1 aliphatic heterocycles. The highest BCUT2D eigenvalue weighted by Crippen LogP contribution is 2.28. The Bertz CT molecular complexity index is 128. The van der Waals surface area contributed by atoms with Gasteiger partial charge >= 0.3 is 7.12 Å². The van der Waals surface area contributed by atoms with E-state index in [4.69, 9.17) is 9.31 Å². The minimum Gasteiger partial charge on any atom is -0.409 e. The second-order valence-corrected chi connectivity index (χ2v) is 4.19. The van der Waals surface area contributed by atoms with E-state index in [9.17, 15) is 0 Å². The zero-order chi connectivity index (χ0) is 9.03. The van der Waals surface area contributed by atoms with Crippen molar-refractivity contribution in [1.82, 2.24) is 5.32 Å². The molecular weight excluding hydrogens is 153 g/mol. The van der Waals surface area contributed by atoms with Crippen LogP contribution in [0.2, 0.25) is 5.31 Å².